The Balaban J connectivity index is 1.54. The second-order valence-electron chi connectivity index (χ2n) is 7.51. The van der Waals surface area contributed by atoms with Crippen LogP contribution in [0, 0.1) is 11.3 Å². The highest BCUT2D eigenvalue weighted by molar-refractivity contribution is 8.03. The summed E-state index contributed by atoms with van der Waals surface area (Å²) in [4.78, 5) is 25.1. The van der Waals surface area contributed by atoms with Gasteiger partial charge in [-0.3, -0.25) is 9.59 Å². The van der Waals surface area contributed by atoms with Gasteiger partial charge in [-0.1, -0.05) is 17.8 Å². The predicted octanol–water partition coefficient (Wildman–Crippen LogP) is 5.10. The molecule has 2 aliphatic rings. The number of halogens is 3. The van der Waals surface area contributed by atoms with E-state index in [-0.39, 0.29) is 22.8 Å². The zero-order valence-electron chi connectivity index (χ0n) is 17.2. The molecule has 1 aromatic heterocycles. The van der Waals surface area contributed by atoms with Gasteiger partial charge in [0.2, 0.25) is 5.91 Å². The molecule has 2 aromatic rings. The maximum Gasteiger partial charge on any atom is 0.416 e. The molecule has 0 unspecified atom stereocenters. The van der Waals surface area contributed by atoms with E-state index in [0.717, 1.165) is 23.9 Å². The van der Waals surface area contributed by atoms with Crippen molar-refractivity contribution in [3.63, 3.8) is 0 Å². The average molecular weight is 473 g/mol. The highest BCUT2D eigenvalue weighted by Crippen LogP contribution is 2.44. The van der Waals surface area contributed by atoms with Gasteiger partial charge in [0.15, 0.2) is 5.78 Å². The molecule has 2 heterocycles. The van der Waals surface area contributed by atoms with E-state index < -0.39 is 23.6 Å². The molecule has 0 spiro atoms. The molecule has 0 saturated heterocycles. The number of ketones is 1. The van der Waals surface area contributed by atoms with Crippen LogP contribution in [0.3, 0.4) is 0 Å². The second-order valence-corrected chi connectivity index (χ2v) is 8.50. The molecule has 10 heteroatoms. The van der Waals surface area contributed by atoms with Gasteiger partial charge in [0.1, 0.15) is 5.76 Å². The van der Waals surface area contributed by atoms with E-state index >= 15 is 0 Å². The summed E-state index contributed by atoms with van der Waals surface area (Å²) in [5.41, 5.74) is 0.630. The molecule has 0 saturated carbocycles. The van der Waals surface area contributed by atoms with Crippen molar-refractivity contribution < 1.29 is 27.2 Å². The molecule has 0 radical (unpaired) electrons. The fraction of sp³-hybridized carbons (Fsp3) is 0.261. The van der Waals surface area contributed by atoms with Gasteiger partial charge < -0.3 is 15.1 Å². The molecule has 6 nitrogen and oxygen atoms in total. The summed E-state index contributed by atoms with van der Waals surface area (Å²) in [7, 11) is 0. The van der Waals surface area contributed by atoms with Crippen LogP contribution in [0.1, 0.15) is 36.5 Å². The molecule has 0 fully saturated rings. The largest absolute Gasteiger partial charge is 0.468 e. The first-order valence-corrected chi connectivity index (χ1v) is 11.1. The lowest BCUT2D eigenvalue weighted by molar-refractivity contribution is -0.137. The lowest BCUT2D eigenvalue weighted by Gasteiger charge is -2.32. The van der Waals surface area contributed by atoms with E-state index in [1.807, 2.05) is 0 Å². The quantitative estimate of drug-likeness (QED) is 0.628. The van der Waals surface area contributed by atoms with E-state index in [9.17, 15) is 28.0 Å². The highest BCUT2D eigenvalue weighted by atomic mass is 32.2. The minimum Gasteiger partial charge on any atom is -0.468 e. The fourth-order valence-corrected chi connectivity index (χ4v) is 4.75. The number of nitriles is 1. The minimum atomic E-state index is -4.52. The second kappa shape index (κ2) is 9.19. The van der Waals surface area contributed by atoms with Gasteiger partial charge in [-0.05, 0) is 43.2 Å². The van der Waals surface area contributed by atoms with Crippen LogP contribution >= 0.6 is 11.8 Å². The number of rotatable bonds is 5. The summed E-state index contributed by atoms with van der Waals surface area (Å²) < 4.78 is 44.2. The highest BCUT2D eigenvalue weighted by Gasteiger charge is 2.38. The van der Waals surface area contributed by atoms with Crippen LogP contribution in [-0.2, 0) is 15.8 Å². The lowest BCUT2D eigenvalue weighted by atomic mass is 9.79. The van der Waals surface area contributed by atoms with Gasteiger partial charge in [-0.15, -0.1) is 0 Å². The van der Waals surface area contributed by atoms with Crippen LogP contribution in [0.2, 0.25) is 0 Å². The molecule has 170 valence electrons. The van der Waals surface area contributed by atoms with Crippen molar-refractivity contribution in [2.45, 2.75) is 31.4 Å². The van der Waals surface area contributed by atoms with Gasteiger partial charge in [0, 0.05) is 23.4 Å². The zero-order chi connectivity index (χ0) is 23.6. The third-order valence-corrected chi connectivity index (χ3v) is 6.33. The van der Waals surface area contributed by atoms with Crippen molar-refractivity contribution >= 4 is 29.1 Å². The topological polar surface area (TPSA) is 95.1 Å². The van der Waals surface area contributed by atoms with Crippen LogP contribution in [0.5, 0.6) is 0 Å². The molecule has 1 amide bonds. The van der Waals surface area contributed by atoms with Crippen molar-refractivity contribution in [2.24, 2.45) is 0 Å². The van der Waals surface area contributed by atoms with E-state index in [2.05, 4.69) is 16.7 Å². The third kappa shape index (κ3) is 4.83. The monoisotopic (exact) mass is 473 g/mol. The molecule has 1 aliphatic heterocycles. The molecule has 1 aromatic carbocycles. The first-order valence-electron chi connectivity index (χ1n) is 10.1. The lowest BCUT2D eigenvalue weighted by Crippen LogP contribution is -2.31. The zero-order valence-corrected chi connectivity index (χ0v) is 18.0. The fourth-order valence-electron chi connectivity index (χ4n) is 3.89. The number of dihydropyridines is 1. The first-order chi connectivity index (χ1) is 15.8. The maximum atomic E-state index is 12.9. The maximum absolute atomic E-state index is 12.9. The number of furan rings is 1. The Hall–Kier alpha value is -3.45. The molecular formula is C23H18F3N3O3S. The summed E-state index contributed by atoms with van der Waals surface area (Å²) in [6.45, 7) is 0. The average Bonchev–Trinajstić information content (AvgIpc) is 3.31. The number of allylic oxidation sites excluding steroid dienone is 3. The predicted molar refractivity (Wildman–Crippen MR) is 116 cm³/mol. The summed E-state index contributed by atoms with van der Waals surface area (Å²) in [6.07, 6.45) is -1.37. The molecule has 0 bridgehead atoms. The van der Waals surface area contributed by atoms with Crippen LogP contribution in [-0.4, -0.2) is 17.4 Å². The van der Waals surface area contributed by atoms with Gasteiger partial charge in [0.05, 0.1) is 40.2 Å². The molecule has 1 aliphatic carbocycles. The summed E-state index contributed by atoms with van der Waals surface area (Å²) >= 11 is 1.05. The smallest absolute Gasteiger partial charge is 0.416 e. The van der Waals surface area contributed by atoms with Crippen LogP contribution in [0.4, 0.5) is 18.9 Å². The van der Waals surface area contributed by atoms with E-state index in [0.29, 0.717) is 41.3 Å². The Kier molecular flexibility index (Phi) is 6.33. The van der Waals surface area contributed by atoms with Gasteiger partial charge >= 0.3 is 6.18 Å². The number of benzene rings is 1. The van der Waals surface area contributed by atoms with Crippen LogP contribution in [0.25, 0.3) is 0 Å². The van der Waals surface area contributed by atoms with E-state index in [4.69, 9.17) is 4.42 Å². The van der Waals surface area contributed by atoms with Crippen molar-refractivity contribution in [2.75, 3.05) is 11.1 Å². The number of anilines is 1. The Morgan fingerprint density at radius 2 is 2.09 bits per heavy atom. The Morgan fingerprint density at radius 1 is 1.27 bits per heavy atom. The van der Waals surface area contributed by atoms with Crippen LogP contribution in [0.15, 0.2) is 69.0 Å². The number of hydrogen-bond acceptors (Lipinski definition) is 6. The van der Waals surface area contributed by atoms with Crippen molar-refractivity contribution in [3.8, 4) is 6.07 Å². The minimum absolute atomic E-state index is 0.0258. The number of thioether (sulfide) groups is 1. The number of carbonyl (C=O) groups excluding carboxylic acids is 2. The standard InChI is InChI=1S/C23H18F3N3O3S/c24-23(25,26)13-4-1-5-14(10-13)28-19(31)12-33-22-15(11-27)20(18-8-3-9-32-18)21-16(29-22)6-2-7-17(21)30/h1,3-5,8-10,20,29H,2,6-7,12H2,(H,28,31)/t20-/m0/s1. The number of alkyl halides is 3. The van der Waals surface area contributed by atoms with Gasteiger partial charge in [-0.2, -0.15) is 18.4 Å². The summed E-state index contributed by atoms with van der Waals surface area (Å²) in [5, 5.41) is 15.9. The Morgan fingerprint density at radius 3 is 2.79 bits per heavy atom. The van der Waals surface area contributed by atoms with Gasteiger partial charge in [-0.25, -0.2) is 0 Å². The van der Waals surface area contributed by atoms with Crippen molar-refractivity contribution in [1.29, 1.82) is 5.26 Å². The molecule has 33 heavy (non-hydrogen) atoms. The van der Waals surface area contributed by atoms with E-state index in [1.54, 1.807) is 12.1 Å². The van der Waals surface area contributed by atoms with E-state index in [1.165, 1.54) is 18.4 Å². The number of nitrogens with zero attached hydrogens (tertiary/aromatic N) is 1. The summed E-state index contributed by atoms with van der Waals surface area (Å²) in [6, 6.07) is 9.88. The number of carbonyl (C=O) groups is 2. The van der Waals surface area contributed by atoms with Crippen LogP contribution < -0.4 is 10.6 Å². The van der Waals surface area contributed by atoms with Crippen molar-refractivity contribution in [3.05, 3.63) is 75.9 Å². The first kappa shape index (κ1) is 22.7. The Bertz CT molecular complexity index is 1190. The Labute approximate surface area is 191 Å². The number of amides is 1. The van der Waals surface area contributed by atoms with Crippen molar-refractivity contribution in [1.82, 2.24) is 5.32 Å². The normalized spacial score (nSPS) is 18.5. The number of Topliss-reactive ketones (excluding diaryl/α,β-unsaturated/α-hetero) is 1. The SMILES string of the molecule is N#CC1=C(SCC(=O)Nc2cccc(C(F)(F)F)c2)NC2=C(C(=O)CCC2)[C@@H]1c1ccco1. The molecular weight excluding hydrogens is 455 g/mol. The molecule has 2 N–H and O–H groups in total. The number of nitrogens with one attached hydrogen (secondary N) is 2. The molecule has 4 rings (SSSR count). The molecule has 1 atom stereocenters. The number of hydrogen-bond donors (Lipinski definition) is 2. The summed E-state index contributed by atoms with van der Waals surface area (Å²) in [5.74, 6) is -0.930. The third-order valence-electron chi connectivity index (χ3n) is 5.31. The van der Waals surface area contributed by atoms with Gasteiger partial charge in [0.25, 0.3) is 0 Å².